The molecule has 0 unspecified atom stereocenters. The molecule has 1 aliphatic carbocycles. The topological polar surface area (TPSA) is 66.4 Å². The molecule has 130 valence electrons. The number of nitrogens with one attached hydrogen (secondary N) is 1. The third-order valence-corrected chi connectivity index (χ3v) is 5.73. The predicted molar refractivity (Wildman–Crippen MR) is 79.2 cm³/mol. The van der Waals surface area contributed by atoms with Crippen molar-refractivity contribution in [2.45, 2.75) is 49.2 Å². The molecule has 0 bridgehead atoms. The van der Waals surface area contributed by atoms with Crippen LogP contribution >= 0.6 is 0 Å². The van der Waals surface area contributed by atoms with Gasteiger partial charge < -0.3 is 5.11 Å². The molecular weight excluding hydrogens is 331 g/mol. The number of alkyl halides is 3. The third kappa shape index (κ3) is 4.45. The van der Waals surface area contributed by atoms with Gasteiger partial charge in [-0.3, -0.25) is 0 Å². The van der Waals surface area contributed by atoms with Crippen LogP contribution in [0.2, 0.25) is 0 Å². The minimum absolute atomic E-state index is 0.186. The van der Waals surface area contributed by atoms with Crippen molar-refractivity contribution in [3.63, 3.8) is 0 Å². The molecule has 0 saturated heterocycles. The second-order valence-electron chi connectivity index (χ2n) is 5.80. The average molecular weight is 351 g/mol. The summed E-state index contributed by atoms with van der Waals surface area (Å²) < 4.78 is 66.4. The van der Waals surface area contributed by atoms with E-state index in [9.17, 15) is 26.7 Å². The molecule has 1 saturated carbocycles. The molecule has 1 aromatic carbocycles. The van der Waals surface area contributed by atoms with E-state index in [1.54, 1.807) is 0 Å². The highest BCUT2D eigenvalue weighted by Crippen LogP contribution is 2.34. The Balaban J connectivity index is 2.32. The van der Waals surface area contributed by atoms with Gasteiger partial charge in [0.25, 0.3) is 0 Å². The van der Waals surface area contributed by atoms with Crippen LogP contribution in [0, 0.1) is 5.92 Å². The summed E-state index contributed by atoms with van der Waals surface area (Å²) in [5, 5.41) is 9.42. The Labute approximate surface area is 133 Å². The van der Waals surface area contributed by atoms with E-state index in [1.165, 1.54) is 6.07 Å². The van der Waals surface area contributed by atoms with E-state index in [1.807, 2.05) is 0 Å². The van der Waals surface area contributed by atoms with Crippen LogP contribution in [0.3, 0.4) is 0 Å². The lowest BCUT2D eigenvalue weighted by atomic mass is 9.97. The van der Waals surface area contributed by atoms with E-state index in [4.69, 9.17) is 0 Å². The summed E-state index contributed by atoms with van der Waals surface area (Å²) in [4.78, 5) is -0.770. The van der Waals surface area contributed by atoms with Crippen molar-refractivity contribution in [1.29, 1.82) is 0 Å². The maximum absolute atomic E-state index is 13.0. The molecule has 0 spiro atoms. The zero-order valence-corrected chi connectivity index (χ0v) is 13.3. The molecular formula is C15H20F3NO3S. The smallest absolute Gasteiger partial charge is 0.396 e. The molecule has 0 radical (unpaired) electrons. The van der Waals surface area contributed by atoms with Crippen LogP contribution < -0.4 is 4.72 Å². The van der Waals surface area contributed by atoms with Crippen molar-refractivity contribution < 1.29 is 26.7 Å². The van der Waals surface area contributed by atoms with E-state index in [0.717, 1.165) is 37.5 Å². The monoisotopic (exact) mass is 351 g/mol. The molecule has 1 aliphatic rings. The molecule has 0 aliphatic heterocycles. The molecule has 1 aromatic rings. The fourth-order valence-electron chi connectivity index (χ4n) is 2.96. The zero-order valence-electron chi connectivity index (χ0n) is 12.5. The summed E-state index contributed by atoms with van der Waals surface area (Å²) in [6, 6.07) is 3.58. The maximum atomic E-state index is 13.0. The Hall–Kier alpha value is -1.12. The van der Waals surface area contributed by atoms with Gasteiger partial charge in [-0.25, -0.2) is 13.1 Å². The number of aliphatic hydroxyl groups is 1. The van der Waals surface area contributed by atoms with Gasteiger partial charge in [-0.05, 0) is 30.9 Å². The quantitative estimate of drug-likeness (QED) is 0.820. The molecule has 23 heavy (non-hydrogen) atoms. The van der Waals surface area contributed by atoms with Gasteiger partial charge in [0.05, 0.1) is 10.5 Å². The van der Waals surface area contributed by atoms with Gasteiger partial charge in [-0.15, -0.1) is 0 Å². The SMILES string of the molecule is O=S(=O)(N[C@H]1CCCCC[C@H]1CO)c1ccccc1C(F)(F)F. The maximum Gasteiger partial charge on any atom is 0.417 e. The lowest BCUT2D eigenvalue weighted by Gasteiger charge is -2.25. The standard InChI is InChI=1S/C15H20F3NO3S/c16-15(17,18)12-7-4-5-9-14(12)23(21,22)19-13-8-3-1-2-6-11(13)10-20/h4-5,7,9,11,13,19-20H,1-3,6,8,10H2/t11-,13-/m0/s1. The molecule has 8 heteroatoms. The van der Waals surface area contributed by atoms with Crippen LogP contribution in [0.5, 0.6) is 0 Å². The number of benzene rings is 1. The molecule has 2 rings (SSSR count). The number of rotatable bonds is 4. The lowest BCUT2D eigenvalue weighted by Crippen LogP contribution is -2.41. The van der Waals surface area contributed by atoms with Crippen LogP contribution in [0.1, 0.15) is 37.7 Å². The zero-order chi connectivity index (χ0) is 17.1. The van der Waals surface area contributed by atoms with E-state index in [2.05, 4.69) is 4.72 Å². The van der Waals surface area contributed by atoms with Crippen LogP contribution in [0.25, 0.3) is 0 Å². The lowest BCUT2D eigenvalue weighted by molar-refractivity contribution is -0.139. The van der Waals surface area contributed by atoms with Crippen LogP contribution in [0.15, 0.2) is 29.2 Å². The van der Waals surface area contributed by atoms with Gasteiger partial charge in [0.2, 0.25) is 10.0 Å². The summed E-state index contributed by atoms with van der Waals surface area (Å²) in [5.74, 6) is -0.273. The van der Waals surface area contributed by atoms with Gasteiger partial charge in [0.1, 0.15) is 0 Å². The van der Waals surface area contributed by atoms with Gasteiger partial charge in [0.15, 0.2) is 0 Å². The van der Waals surface area contributed by atoms with Crippen LogP contribution in [-0.2, 0) is 16.2 Å². The van der Waals surface area contributed by atoms with Crippen molar-refractivity contribution in [3.05, 3.63) is 29.8 Å². The molecule has 0 aromatic heterocycles. The molecule has 4 nitrogen and oxygen atoms in total. The predicted octanol–water partition coefficient (Wildman–Crippen LogP) is 2.92. The highest BCUT2D eigenvalue weighted by molar-refractivity contribution is 7.89. The first-order valence-corrected chi connectivity index (χ1v) is 9.03. The van der Waals surface area contributed by atoms with Gasteiger partial charge in [0, 0.05) is 12.6 Å². The second kappa shape index (κ2) is 7.19. The van der Waals surface area contributed by atoms with Crippen molar-refractivity contribution >= 4 is 10.0 Å². The Bertz CT molecular complexity index is 631. The fraction of sp³-hybridized carbons (Fsp3) is 0.600. The Morgan fingerprint density at radius 3 is 2.43 bits per heavy atom. The first-order chi connectivity index (χ1) is 10.8. The minimum Gasteiger partial charge on any atom is -0.396 e. The van der Waals surface area contributed by atoms with Crippen LogP contribution in [-0.4, -0.2) is 26.2 Å². The molecule has 1 fully saturated rings. The number of aliphatic hydroxyl groups excluding tert-OH is 1. The summed E-state index contributed by atoms with van der Waals surface area (Å²) in [6.07, 6.45) is -0.991. The van der Waals surface area contributed by atoms with Crippen molar-refractivity contribution in [1.82, 2.24) is 4.72 Å². The molecule has 0 amide bonds. The van der Waals surface area contributed by atoms with Gasteiger partial charge in [-0.2, -0.15) is 13.2 Å². The summed E-state index contributed by atoms with van der Waals surface area (Å²) in [5.41, 5.74) is -1.18. The summed E-state index contributed by atoms with van der Waals surface area (Å²) in [6.45, 7) is -0.186. The summed E-state index contributed by atoms with van der Waals surface area (Å²) in [7, 11) is -4.31. The normalized spacial score (nSPS) is 23.5. The minimum atomic E-state index is -4.74. The number of hydrogen-bond acceptors (Lipinski definition) is 3. The van der Waals surface area contributed by atoms with E-state index in [0.29, 0.717) is 12.8 Å². The number of hydrogen-bond donors (Lipinski definition) is 2. The Morgan fingerprint density at radius 1 is 1.13 bits per heavy atom. The highest BCUT2D eigenvalue weighted by Gasteiger charge is 2.38. The largest absolute Gasteiger partial charge is 0.417 e. The average Bonchev–Trinajstić information content (AvgIpc) is 2.71. The Kier molecular flexibility index (Phi) is 5.70. The third-order valence-electron chi connectivity index (χ3n) is 4.18. The van der Waals surface area contributed by atoms with Gasteiger partial charge >= 0.3 is 6.18 Å². The van der Waals surface area contributed by atoms with E-state index < -0.39 is 32.7 Å². The van der Waals surface area contributed by atoms with Crippen LogP contribution in [0.4, 0.5) is 13.2 Å². The molecule has 2 atom stereocenters. The first-order valence-electron chi connectivity index (χ1n) is 7.55. The van der Waals surface area contributed by atoms with Gasteiger partial charge in [-0.1, -0.05) is 31.4 Å². The van der Waals surface area contributed by atoms with E-state index >= 15 is 0 Å². The molecule has 0 heterocycles. The van der Waals surface area contributed by atoms with Crippen molar-refractivity contribution in [2.24, 2.45) is 5.92 Å². The second-order valence-corrected chi connectivity index (χ2v) is 7.48. The first kappa shape index (κ1) is 18.2. The number of sulfonamides is 1. The summed E-state index contributed by atoms with van der Waals surface area (Å²) >= 11 is 0. The number of halogens is 3. The highest BCUT2D eigenvalue weighted by atomic mass is 32.2. The fourth-order valence-corrected chi connectivity index (χ4v) is 4.52. The van der Waals surface area contributed by atoms with Crippen molar-refractivity contribution in [2.75, 3.05) is 6.61 Å². The van der Waals surface area contributed by atoms with Crippen molar-refractivity contribution in [3.8, 4) is 0 Å². The molecule has 2 N–H and O–H groups in total. The van der Waals surface area contributed by atoms with E-state index in [-0.39, 0.29) is 12.5 Å². The Morgan fingerprint density at radius 2 is 1.78 bits per heavy atom.